The second-order valence-corrected chi connectivity index (χ2v) is 5.83. The highest BCUT2D eigenvalue weighted by Gasteiger charge is 2.25. The van der Waals surface area contributed by atoms with Crippen LogP contribution < -0.4 is 5.73 Å². The van der Waals surface area contributed by atoms with E-state index < -0.39 is 0 Å². The highest BCUT2D eigenvalue weighted by Crippen LogP contribution is 2.33. The minimum Gasteiger partial charge on any atom is -0.330 e. The molecule has 0 radical (unpaired) electrons. The van der Waals surface area contributed by atoms with Gasteiger partial charge in [0.15, 0.2) is 0 Å². The summed E-state index contributed by atoms with van der Waals surface area (Å²) < 4.78 is 2.00. The van der Waals surface area contributed by atoms with E-state index >= 15 is 0 Å². The van der Waals surface area contributed by atoms with Crippen molar-refractivity contribution in [3.8, 4) is 0 Å². The second-order valence-electron chi connectivity index (χ2n) is 5.83. The molecule has 3 heteroatoms. The number of nitrogens with zero attached hydrogens (tertiary/aromatic N) is 2. The number of para-hydroxylation sites is 1. The summed E-state index contributed by atoms with van der Waals surface area (Å²) in [6.45, 7) is 0.829. The minimum atomic E-state index is 0.689. The Labute approximate surface area is 114 Å². The zero-order chi connectivity index (χ0) is 13.2. The van der Waals surface area contributed by atoms with Crippen LogP contribution in [0.3, 0.4) is 0 Å². The van der Waals surface area contributed by atoms with E-state index in [2.05, 4.69) is 24.3 Å². The predicted octanol–water partition coefficient (Wildman–Crippen LogP) is 2.88. The monoisotopic (exact) mass is 257 g/mol. The van der Waals surface area contributed by atoms with Crippen molar-refractivity contribution in [3.05, 3.63) is 30.0 Å². The van der Waals surface area contributed by atoms with Crippen LogP contribution in [0.15, 0.2) is 24.3 Å². The van der Waals surface area contributed by atoms with Gasteiger partial charge in [-0.2, -0.15) is 5.10 Å². The van der Waals surface area contributed by atoms with Crippen molar-refractivity contribution in [2.45, 2.75) is 32.1 Å². The number of fused-ring (bicyclic) bond motifs is 1. The second kappa shape index (κ2) is 5.33. The molecule has 1 aromatic carbocycles. The van der Waals surface area contributed by atoms with Crippen molar-refractivity contribution < 1.29 is 0 Å². The molecule has 0 bridgehead atoms. The molecule has 3 rings (SSSR count). The molecule has 2 N–H and O–H groups in total. The third kappa shape index (κ3) is 2.39. The fraction of sp³-hybridized carbons (Fsp3) is 0.562. The van der Waals surface area contributed by atoms with Gasteiger partial charge in [-0.25, -0.2) is 0 Å². The maximum absolute atomic E-state index is 5.94. The van der Waals surface area contributed by atoms with Crippen LogP contribution in [-0.4, -0.2) is 16.3 Å². The maximum Gasteiger partial charge on any atom is 0.0706 e. The average Bonchev–Trinajstić information content (AvgIpc) is 2.77. The van der Waals surface area contributed by atoms with Gasteiger partial charge in [0.05, 0.1) is 11.2 Å². The quantitative estimate of drug-likeness (QED) is 0.919. The van der Waals surface area contributed by atoms with E-state index in [1.54, 1.807) is 0 Å². The number of aromatic nitrogens is 2. The van der Waals surface area contributed by atoms with Crippen LogP contribution in [0.25, 0.3) is 10.9 Å². The molecule has 0 amide bonds. The molecule has 1 aromatic heterocycles. The molecule has 2 unspecified atom stereocenters. The zero-order valence-electron chi connectivity index (χ0n) is 11.7. The molecule has 102 valence electrons. The first-order valence-electron chi connectivity index (χ1n) is 7.40. The summed E-state index contributed by atoms with van der Waals surface area (Å²) >= 11 is 0. The van der Waals surface area contributed by atoms with Crippen LogP contribution in [0.2, 0.25) is 0 Å². The Kier molecular flexibility index (Phi) is 3.56. The maximum atomic E-state index is 5.94. The van der Waals surface area contributed by atoms with Crippen LogP contribution in [-0.2, 0) is 13.5 Å². The number of hydrogen-bond donors (Lipinski definition) is 1. The van der Waals surface area contributed by atoms with Gasteiger partial charge < -0.3 is 5.73 Å². The summed E-state index contributed by atoms with van der Waals surface area (Å²) in [6, 6.07) is 8.52. The SMILES string of the molecule is Cn1nc(CC2CCCCC2CN)c2ccccc21. The zero-order valence-corrected chi connectivity index (χ0v) is 11.7. The molecule has 19 heavy (non-hydrogen) atoms. The largest absolute Gasteiger partial charge is 0.330 e. The first-order chi connectivity index (χ1) is 9.29. The summed E-state index contributed by atoms with van der Waals surface area (Å²) in [4.78, 5) is 0. The topological polar surface area (TPSA) is 43.8 Å². The number of rotatable bonds is 3. The molecule has 0 aliphatic heterocycles. The summed E-state index contributed by atoms with van der Waals surface area (Å²) in [5, 5.41) is 6.04. The molecule has 1 heterocycles. The number of aryl methyl sites for hydroxylation is 1. The Hall–Kier alpha value is -1.35. The molecule has 1 fully saturated rings. The summed E-state index contributed by atoms with van der Waals surface area (Å²) in [7, 11) is 2.03. The van der Waals surface area contributed by atoms with Gasteiger partial charge in [-0.1, -0.05) is 31.0 Å². The van der Waals surface area contributed by atoms with Crippen LogP contribution in [0.5, 0.6) is 0 Å². The summed E-state index contributed by atoms with van der Waals surface area (Å²) in [5.41, 5.74) is 8.43. The lowest BCUT2D eigenvalue weighted by Crippen LogP contribution is -2.28. The van der Waals surface area contributed by atoms with Gasteiger partial charge in [-0.15, -0.1) is 0 Å². The number of benzene rings is 1. The molecule has 2 aromatic rings. The van der Waals surface area contributed by atoms with Crippen LogP contribution in [0, 0.1) is 11.8 Å². The van der Waals surface area contributed by atoms with Gasteiger partial charge in [0.1, 0.15) is 0 Å². The molecular weight excluding hydrogens is 234 g/mol. The van der Waals surface area contributed by atoms with Gasteiger partial charge in [0.2, 0.25) is 0 Å². The molecule has 0 saturated heterocycles. The molecular formula is C16H23N3. The fourth-order valence-electron chi connectivity index (χ4n) is 3.55. The Morgan fingerprint density at radius 2 is 1.95 bits per heavy atom. The molecule has 2 atom stereocenters. The van der Waals surface area contributed by atoms with Crippen molar-refractivity contribution in [1.82, 2.24) is 9.78 Å². The summed E-state index contributed by atoms with van der Waals surface area (Å²) in [5.74, 6) is 1.41. The van der Waals surface area contributed by atoms with Crippen molar-refractivity contribution in [2.75, 3.05) is 6.54 Å². The van der Waals surface area contributed by atoms with E-state index in [9.17, 15) is 0 Å². The van der Waals surface area contributed by atoms with E-state index in [1.807, 2.05) is 11.7 Å². The lowest BCUT2D eigenvalue weighted by Gasteiger charge is -2.30. The van der Waals surface area contributed by atoms with E-state index in [1.165, 1.54) is 42.3 Å². The van der Waals surface area contributed by atoms with Gasteiger partial charge in [0, 0.05) is 12.4 Å². The molecule has 1 aliphatic rings. The third-order valence-electron chi connectivity index (χ3n) is 4.66. The van der Waals surface area contributed by atoms with E-state index in [4.69, 9.17) is 10.8 Å². The fourth-order valence-corrected chi connectivity index (χ4v) is 3.55. The molecule has 1 saturated carbocycles. The standard InChI is InChI=1S/C16H23N3/c1-19-16-9-5-4-8-14(16)15(18-19)10-12-6-2-3-7-13(12)11-17/h4-5,8-9,12-13H,2-3,6-7,10-11,17H2,1H3. The van der Waals surface area contributed by atoms with E-state index in [-0.39, 0.29) is 0 Å². The van der Waals surface area contributed by atoms with Gasteiger partial charge in [0.25, 0.3) is 0 Å². The highest BCUT2D eigenvalue weighted by molar-refractivity contribution is 5.81. The van der Waals surface area contributed by atoms with Crippen molar-refractivity contribution in [3.63, 3.8) is 0 Å². The van der Waals surface area contributed by atoms with E-state index in [0.717, 1.165) is 18.9 Å². The van der Waals surface area contributed by atoms with Crippen molar-refractivity contribution in [2.24, 2.45) is 24.6 Å². The van der Waals surface area contributed by atoms with Gasteiger partial charge in [-0.05, 0) is 43.7 Å². The number of nitrogens with two attached hydrogens (primary N) is 1. The smallest absolute Gasteiger partial charge is 0.0706 e. The predicted molar refractivity (Wildman–Crippen MR) is 78.9 cm³/mol. The molecule has 3 nitrogen and oxygen atoms in total. The van der Waals surface area contributed by atoms with Crippen LogP contribution in [0.4, 0.5) is 0 Å². The Morgan fingerprint density at radius 1 is 1.21 bits per heavy atom. The van der Waals surface area contributed by atoms with Crippen LogP contribution in [0.1, 0.15) is 31.4 Å². The average molecular weight is 257 g/mol. The first kappa shape index (κ1) is 12.7. The Morgan fingerprint density at radius 3 is 2.74 bits per heavy atom. The summed E-state index contributed by atoms with van der Waals surface area (Å²) in [6.07, 6.45) is 6.40. The lowest BCUT2D eigenvalue weighted by atomic mass is 9.77. The van der Waals surface area contributed by atoms with Crippen LogP contribution >= 0.6 is 0 Å². The lowest BCUT2D eigenvalue weighted by molar-refractivity contribution is 0.240. The Balaban J connectivity index is 1.88. The van der Waals surface area contributed by atoms with Gasteiger partial charge >= 0.3 is 0 Å². The molecule has 0 spiro atoms. The Bertz CT molecular complexity index is 558. The van der Waals surface area contributed by atoms with Crippen molar-refractivity contribution in [1.29, 1.82) is 0 Å². The normalized spacial score (nSPS) is 23.9. The first-order valence-corrected chi connectivity index (χ1v) is 7.40. The highest BCUT2D eigenvalue weighted by atomic mass is 15.3. The number of hydrogen-bond acceptors (Lipinski definition) is 2. The van der Waals surface area contributed by atoms with Crippen molar-refractivity contribution >= 4 is 10.9 Å². The minimum absolute atomic E-state index is 0.689. The molecule has 1 aliphatic carbocycles. The van der Waals surface area contributed by atoms with Gasteiger partial charge in [-0.3, -0.25) is 4.68 Å². The van der Waals surface area contributed by atoms with E-state index in [0.29, 0.717) is 5.92 Å². The third-order valence-corrected chi connectivity index (χ3v) is 4.66.